The Morgan fingerprint density at radius 2 is 1.79 bits per heavy atom. The molecule has 2 aromatic heterocycles. The number of carboxylic acids is 1. The fraction of sp³-hybridized carbons (Fsp3) is 0.300. The van der Waals surface area contributed by atoms with E-state index in [4.69, 9.17) is 6.57 Å². The summed E-state index contributed by atoms with van der Waals surface area (Å²) in [5.74, 6) is -4.14. The van der Waals surface area contributed by atoms with E-state index in [-0.39, 0.29) is 51.1 Å². The van der Waals surface area contributed by atoms with Gasteiger partial charge in [-0.25, -0.2) is 23.0 Å². The molecule has 3 N–H and O–H groups in total. The van der Waals surface area contributed by atoms with Crippen molar-refractivity contribution in [2.24, 2.45) is 17.8 Å². The van der Waals surface area contributed by atoms with Gasteiger partial charge in [0, 0.05) is 34.8 Å². The molecule has 0 radical (unpaired) electrons. The molecule has 198 valence electrons. The number of carbonyl (C=O) groups is 1. The highest BCUT2D eigenvalue weighted by Crippen LogP contribution is 2.48. The fourth-order valence-corrected chi connectivity index (χ4v) is 6.45. The summed E-state index contributed by atoms with van der Waals surface area (Å²) in [5.41, 5.74) is 1.60. The Bertz CT molecular complexity index is 1650. The van der Waals surface area contributed by atoms with Gasteiger partial charge in [-0.3, -0.25) is 4.79 Å². The van der Waals surface area contributed by atoms with E-state index in [0.29, 0.717) is 5.56 Å². The topological polar surface area (TPSA) is 82.4 Å². The maximum atomic E-state index is 16.4. The molecule has 2 bridgehead atoms. The normalized spacial score (nSPS) is 22.1. The molecular formula is C30H25F3N4O2. The molecule has 7 rings (SSSR count). The van der Waals surface area contributed by atoms with Gasteiger partial charge in [-0.15, -0.1) is 0 Å². The van der Waals surface area contributed by atoms with Crippen molar-refractivity contribution in [1.29, 1.82) is 0 Å². The van der Waals surface area contributed by atoms with Crippen LogP contribution in [0.4, 0.5) is 24.7 Å². The molecule has 2 aromatic carbocycles. The Morgan fingerprint density at radius 3 is 2.46 bits per heavy atom. The van der Waals surface area contributed by atoms with E-state index in [1.54, 1.807) is 24.3 Å². The van der Waals surface area contributed by atoms with Crippen LogP contribution >= 0.6 is 0 Å². The van der Waals surface area contributed by atoms with Crippen LogP contribution in [0.2, 0.25) is 0 Å². The first-order valence-electron chi connectivity index (χ1n) is 12.9. The molecule has 0 spiro atoms. The number of nitrogens with zero attached hydrogens (tertiary/aromatic N) is 2. The molecule has 3 aliphatic rings. The van der Waals surface area contributed by atoms with Gasteiger partial charge >= 0.3 is 5.97 Å². The highest BCUT2D eigenvalue weighted by Gasteiger charge is 2.47. The predicted octanol–water partition coefficient (Wildman–Crippen LogP) is 7.47. The summed E-state index contributed by atoms with van der Waals surface area (Å²) >= 11 is 0. The van der Waals surface area contributed by atoms with Gasteiger partial charge in [0.15, 0.2) is 11.6 Å². The molecule has 2 atom stereocenters. The Balaban J connectivity index is 1.59. The van der Waals surface area contributed by atoms with E-state index in [0.717, 1.165) is 43.4 Å². The van der Waals surface area contributed by atoms with Crippen molar-refractivity contribution >= 4 is 28.4 Å². The molecule has 4 aromatic rings. The number of hydrogen-bond donors (Lipinski definition) is 3. The zero-order chi connectivity index (χ0) is 27.4. The average molecular weight is 531 g/mol. The lowest BCUT2D eigenvalue weighted by Crippen LogP contribution is -2.51. The lowest BCUT2D eigenvalue weighted by molar-refractivity contribution is -0.148. The van der Waals surface area contributed by atoms with Crippen LogP contribution in [-0.4, -0.2) is 27.1 Å². The fourth-order valence-electron chi connectivity index (χ4n) is 6.45. The number of aromatic nitrogens is 2. The number of aromatic amines is 1. The average Bonchev–Trinajstić information content (AvgIpc) is 3.34. The number of aryl methyl sites for hydroxylation is 1. The SMILES string of the molecule is [C-]#[N+]c1c(-c2c[nH]c3c(F)cc(F)cc23)nc(NC2C3CCC(CC3)C2C(=O)O)c(F)c1-c1ccc(C)cc1. The van der Waals surface area contributed by atoms with Crippen LogP contribution < -0.4 is 5.32 Å². The molecule has 3 aliphatic carbocycles. The minimum Gasteiger partial charge on any atom is -0.481 e. The van der Waals surface area contributed by atoms with Crippen molar-refractivity contribution in [3.8, 4) is 22.4 Å². The van der Waals surface area contributed by atoms with Gasteiger partial charge < -0.3 is 15.4 Å². The van der Waals surface area contributed by atoms with Crippen LogP contribution in [0.5, 0.6) is 0 Å². The number of nitrogens with one attached hydrogen (secondary N) is 2. The van der Waals surface area contributed by atoms with Crippen LogP contribution in [0.1, 0.15) is 31.2 Å². The number of hydrogen-bond acceptors (Lipinski definition) is 3. The lowest BCUT2D eigenvalue weighted by Gasteiger charge is -2.47. The van der Waals surface area contributed by atoms with Crippen molar-refractivity contribution in [2.75, 3.05) is 5.32 Å². The number of H-pyrrole nitrogens is 1. The van der Waals surface area contributed by atoms with Crippen molar-refractivity contribution in [1.82, 2.24) is 9.97 Å². The molecule has 3 saturated carbocycles. The van der Waals surface area contributed by atoms with Gasteiger partial charge in [-0.2, -0.15) is 0 Å². The van der Waals surface area contributed by atoms with E-state index in [2.05, 4.69) is 20.1 Å². The van der Waals surface area contributed by atoms with Gasteiger partial charge in [0.05, 0.1) is 23.7 Å². The third-order valence-electron chi connectivity index (χ3n) is 8.33. The molecule has 3 fully saturated rings. The standard InChI is InChI=1S/C30H25F3N4O2/c1-14-3-5-15(6-4-14)22-24(33)29(36-25-17-9-7-16(8-10-17)23(25)30(38)39)37-27(28(22)34-2)20-13-35-26-19(20)11-18(31)12-21(26)32/h3-6,11-13,16-17,23,25,35H,7-10H2,1H3,(H,36,37)(H,38,39). The highest BCUT2D eigenvalue weighted by atomic mass is 19.1. The first-order chi connectivity index (χ1) is 18.8. The maximum Gasteiger partial charge on any atom is 0.308 e. The molecule has 6 nitrogen and oxygen atoms in total. The summed E-state index contributed by atoms with van der Waals surface area (Å²) in [5, 5.41) is 13.3. The van der Waals surface area contributed by atoms with Crippen LogP contribution in [0.3, 0.4) is 0 Å². The smallest absolute Gasteiger partial charge is 0.308 e. The van der Waals surface area contributed by atoms with Gasteiger partial charge in [-0.1, -0.05) is 29.8 Å². The highest BCUT2D eigenvalue weighted by molar-refractivity contribution is 6.01. The molecule has 39 heavy (non-hydrogen) atoms. The summed E-state index contributed by atoms with van der Waals surface area (Å²) in [6.45, 7) is 9.84. The number of pyridine rings is 1. The predicted molar refractivity (Wildman–Crippen MR) is 142 cm³/mol. The molecule has 0 amide bonds. The number of rotatable bonds is 5. The van der Waals surface area contributed by atoms with E-state index in [1.165, 1.54) is 6.20 Å². The minimum absolute atomic E-state index is 0.00318. The molecule has 0 saturated heterocycles. The maximum absolute atomic E-state index is 16.4. The summed E-state index contributed by atoms with van der Waals surface area (Å²) in [7, 11) is 0. The summed E-state index contributed by atoms with van der Waals surface area (Å²) < 4.78 is 45.1. The molecule has 9 heteroatoms. The monoisotopic (exact) mass is 530 g/mol. The van der Waals surface area contributed by atoms with Crippen molar-refractivity contribution < 1.29 is 23.1 Å². The second-order valence-electron chi connectivity index (χ2n) is 10.5. The molecule has 2 unspecified atom stereocenters. The second kappa shape index (κ2) is 9.45. The quantitative estimate of drug-likeness (QED) is 0.234. The van der Waals surface area contributed by atoms with Crippen molar-refractivity contribution in [3.05, 3.63) is 77.0 Å². The first-order valence-corrected chi connectivity index (χ1v) is 12.9. The van der Waals surface area contributed by atoms with Crippen LogP contribution in [0, 0.1) is 48.7 Å². The summed E-state index contributed by atoms with van der Waals surface area (Å²) in [4.78, 5) is 23.2. The van der Waals surface area contributed by atoms with E-state index in [9.17, 15) is 18.7 Å². The second-order valence-corrected chi connectivity index (χ2v) is 10.5. The number of halogens is 3. The number of anilines is 1. The minimum atomic E-state index is -0.929. The third-order valence-corrected chi connectivity index (χ3v) is 8.33. The number of aliphatic carboxylic acids is 1. The Kier molecular flexibility index (Phi) is 6.06. The third kappa shape index (κ3) is 4.11. The summed E-state index contributed by atoms with van der Waals surface area (Å²) in [6.07, 6.45) is 4.74. The molecule has 0 aliphatic heterocycles. The van der Waals surface area contributed by atoms with Gasteiger partial charge in [0.2, 0.25) is 5.69 Å². The van der Waals surface area contributed by atoms with Crippen LogP contribution in [-0.2, 0) is 4.79 Å². The van der Waals surface area contributed by atoms with Gasteiger partial charge in [0.25, 0.3) is 0 Å². The molecule has 2 heterocycles. The Hall–Kier alpha value is -4.32. The van der Waals surface area contributed by atoms with Gasteiger partial charge in [-0.05, 0) is 56.1 Å². The van der Waals surface area contributed by atoms with Gasteiger partial charge in [0.1, 0.15) is 11.6 Å². The lowest BCUT2D eigenvalue weighted by atomic mass is 9.61. The van der Waals surface area contributed by atoms with E-state index < -0.39 is 35.4 Å². The Labute approximate surface area is 222 Å². The van der Waals surface area contributed by atoms with Crippen molar-refractivity contribution in [2.45, 2.75) is 38.6 Å². The van der Waals surface area contributed by atoms with Crippen molar-refractivity contribution in [3.63, 3.8) is 0 Å². The largest absolute Gasteiger partial charge is 0.481 e. The molecular weight excluding hydrogens is 505 g/mol. The summed E-state index contributed by atoms with van der Waals surface area (Å²) in [6, 6.07) is 8.36. The zero-order valence-corrected chi connectivity index (χ0v) is 21.1. The number of carboxylic acid groups (broad SMARTS) is 1. The van der Waals surface area contributed by atoms with E-state index in [1.807, 2.05) is 6.92 Å². The first kappa shape index (κ1) is 25.0. The zero-order valence-electron chi connectivity index (χ0n) is 21.1. The van der Waals surface area contributed by atoms with E-state index >= 15 is 4.39 Å². The number of fused-ring (bicyclic) bond motifs is 4. The van der Waals surface area contributed by atoms with Crippen LogP contribution in [0.15, 0.2) is 42.6 Å². The number of benzene rings is 2. The van der Waals surface area contributed by atoms with Crippen LogP contribution in [0.25, 0.3) is 38.1 Å². The Morgan fingerprint density at radius 1 is 1.10 bits per heavy atom.